The van der Waals surface area contributed by atoms with Gasteiger partial charge < -0.3 is 10.1 Å². The van der Waals surface area contributed by atoms with Crippen LogP contribution in [0.15, 0.2) is 29.8 Å². The van der Waals surface area contributed by atoms with Crippen LogP contribution in [0.2, 0.25) is 0 Å². The van der Waals surface area contributed by atoms with Gasteiger partial charge >= 0.3 is 0 Å². The smallest absolute Gasteiger partial charge is 0.165 e. The molecule has 0 bridgehead atoms. The zero-order valence-corrected chi connectivity index (χ0v) is 13.2. The minimum Gasteiger partial charge on any atom is -0.494 e. The number of rotatable bonds is 5. The van der Waals surface area contributed by atoms with E-state index in [2.05, 4.69) is 30.1 Å². The molecule has 1 saturated heterocycles. The molecule has 2 rings (SSSR count). The van der Waals surface area contributed by atoms with Gasteiger partial charge in [-0.1, -0.05) is 11.6 Å². The van der Waals surface area contributed by atoms with Gasteiger partial charge in [0.25, 0.3) is 0 Å². The number of likely N-dealkylation sites (tertiary alicyclic amines) is 1. The summed E-state index contributed by atoms with van der Waals surface area (Å²) in [5.74, 6) is -0.0272. The number of hydrogen-bond acceptors (Lipinski definition) is 3. The molecule has 1 N–H and O–H groups in total. The van der Waals surface area contributed by atoms with Crippen LogP contribution in [0.1, 0.15) is 26.7 Å². The summed E-state index contributed by atoms with van der Waals surface area (Å²) in [5, 5.41) is 3.48. The van der Waals surface area contributed by atoms with Crippen molar-refractivity contribution in [2.75, 3.05) is 32.1 Å². The summed E-state index contributed by atoms with van der Waals surface area (Å²) in [7, 11) is 1.49. The SMILES string of the molecule is COc1cc(NC2CCN(CC=C(C)C)CC2)ccc1F. The highest BCUT2D eigenvalue weighted by Gasteiger charge is 2.18. The van der Waals surface area contributed by atoms with Crippen molar-refractivity contribution in [2.45, 2.75) is 32.7 Å². The molecule has 0 unspecified atom stereocenters. The summed E-state index contributed by atoms with van der Waals surface area (Å²) in [5.41, 5.74) is 2.30. The molecule has 0 aliphatic carbocycles. The molecule has 0 amide bonds. The van der Waals surface area contributed by atoms with Gasteiger partial charge in [0, 0.05) is 37.4 Å². The number of piperidine rings is 1. The molecule has 0 radical (unpaired) electrons. The third kappa shape index (κ3) is 4.74. The summed E-state index contributed by atoms with van der Waals surface area (Å²) < 4.78 is 18.4. The van der Waals surface area contributed by atoms with Gasteiger partial charge in [-0.15, -0.1) is 0 Å². The van der Waals surface area contributed by atoms with Crippen LogP contribution in [0.25, 0.3) is 0 Å². The number of anilines is 1. The molecule has 4 heteroatoms. The van der Waals surface area contributed by atoms with Crippen LogP contribution >= 0.6 is 0 Å². The number of methoxy groups -OCH3 is 1. The first-order chi connectivity index (χ1) is 10.1. The molecule has 0 atom stereocenters. The van der Waals surface area contributed by atoms with Crippen LogP contribution in [0, 0.1) is 5.82 Å². The molecular formula is C17H25FN2O. The van der Waals surface area contributed by atoms with Crippen molar-refractivity contribution in [3.63, 3.8) is 0 Å². The fourth-order valence-electron chi connectivity index (χ4n) is 2.56. The fraction of sp³-hybridized carbons (Fsp3) is 0.529. The van der Waals surface area contributed by atoms with Crippen molar-refractivity contribution in [1.29, 1.82) is 0 Å². The highest BCUT2D eigenvalue weighted by molar-refractivity contribution is 5.49. The second-order valence-corrected chi connectivity index (χ2v) is 5.85. The highest BCUT2D eigenvalue weighted by Crippen LogP contribution is 2.23. The minimum absolute atomic E-state index is 0.293. The van der Waals surface area contributed by atoms with Crippen molar-refractivity contribution in [2.24, 2.45) is 0 Å². The lowest BCUT2D eigenvalue weighted by Crippen LogP contribution is -2.39. The second-order valence-electron chi connectivity index (χ2n) is 5.85. The molecule has 3 nitrogen and oxygen atoms in total. The molecule has 1 aromatic rings. The van der Waals surface area contributed by atoms with Crippen LogP contribution in [-0.4, -0.2) is 37.7 Å². The van der Waals surface area contributed by atoms with Crippen LogP contribution < -0.4 is 10.1 Å². The maximum absolute atomic E-state index is 13.4. The Morgan fingerprint density at radius 2 is 2.10 bits per heavy atom. The molecule has 1 fully saturated rings. The topological polar surface area (TPSA) is 24.5 Å². The molecule has 116 valence electrons. The predicted molar refractivity (Wildman–Crippen MR) is 85.5 cm³/mol. The number of hydrogen-bond donors (Lipinski definition) is 1. The third-order valence-corrected chi connectivity index (χ3v) is 3.87. The quantitative estimate of drug-likeness (QED) is 0.838. The zero-order valence-electron chi connectivity index (χ0n) is 13.2. The van der Waals surface area contributed by atoms with E-state index in [0.29, 0.717) is 11.8 Å². The van der Waals surface area contributed by atoms with E-state index in [0.717, 1.165) is 38.2 Å². The van der Waals surface area contributed by atoms with Crippen molar-refractivity contribution in [3.8, 4) is 5.75 Å². The molecule has 1 aliphatic heterocycles. The average molecular weight is 292 g/mol. The lowest BCUT2D eigenvalue weighted by molar-refractivity contribution is 0.240. The molecule has 0 aromatic heterocycles. The third-order valence-electron chi connectivity index (χ3n) is 3.87. The summed E-state index contributed by atoms with van der Waals surface area (Å²) in [6, 6.07) is 5.40. The lowest BCUT2D eigenvalue weighted by atomic mass is 10.0. The summed E-state index contributed by atoms with van der Waals surface area (Å²) >= 11 is 0. The van der Waals surface area contributed by atoms with Gasteiger partial charge in [0.1, 0.15) is 0 Å². The first kappa shape index (κ1) is 15.8. The Balaban J connectivity index is 1.84. The van der Waals surface area contributed by atoms with Crippen molar-refractivity contribution in [1.82, 2.24) is 4.90 Å². The van der Waals surface area contributed by atoms with Crippen molar-refractivity contribution in [3.05, 3.63) is 35.7 Å². The number of allylic oxidation sites excluding steroid dienone is 1. The fourth-order valence-corrected chi connectivity index (χ4v) is 2.56. The maximum atomic E-state index is 13.4. The number of nitrogens with zero attached hydrogens (tertiary/aromatic N) is 1. The van der Waals surface area contributed by atoms with Gasteiger partial charge in [-0.2, -0.15) is 0 Å². The largest absolute Gasteiger partial charge is 0.494 e. The van der Waals surface area contributed by atoms with Gasteiger partial charge in [-0.05, 0) is 38.8 Å². The van der Waals surface area contributed by atoms with Gasteiger partial charge in [0.05, 0.1) is 7.11 Å². The van der Waals surface area contributed by atoms with E-state index in [1.807, 2.05) is 0 Å². The maximum Gasteiger partial charge on any atom is 0.165 e. The van der Waals surface area contributed by atoms with E-state index in [4.69, 9.17) is 4.74 Å². The number of ether oxygens (including phenoxy) is 1. The number of halogens is 1. The van der Waals surface area contributed by atoms with Crippen LogP contribution in [0.5, 0.6) is 5.75 Å². The Kier molecular flexibility index (Phi) is 5.62. The van der Waals surface area contributed by atoms with Gasteiger partial charge in [-0.25, -0.2) is 4.39 Å². The number of nitrogens with one attached hydrogen (secondary N) is 1. The van der Waals surface area contributed by atoms with E-state index in [9.17, 15) is 4.39 Å². The van der Waals surface area contributed by atoms with Crippen molar-refractivity contribution < 1.29 is 9.13 Å². The molecule has 0 saturated carbocycles. The molecule has 1 aromatic carbocycles. The van der Waals surface area contributed by atoms with E-state index in [-0.39, 0.29) is 5.82 Å². The van der Waals surface area contributed by atoms with E-state index >= 15 is 0 Å². The van der Waals surface area contributed by atoms with Crippen LogP contribution in [-0.2, 0) is 0 Å². The Morgan fingerprint density at radius 3 is 2.71 bits per heavy atom. The standard InChI is InChI=1S/C17H25FN2O/c1-13(2)6-9-20-10-7-14(8-11-20)19-15-4-5-16(18)17(12-15)21-3/h4-6,12,14,19H,7-11H2,1-3H3. The van der Waals surface area contributed by atoms with Crippen LogP contribution in [0.4, 0.5) is 10.1 Å². The summed E-state index contributed by atoms with van der Waals surface area (Å²) in [6.07, 6.45) is 4.49. The first-order valence-electron chi connectivity index (χ1n) is 7.54. The van der Waals surface area contributed by atoms with Crippen molar-refractivity contribution >= 4 is 5.69 Å². The van der Waals surface area contributed by atoms with Crippen LogP contribution in [0.3, 0.4) is 0 Å². The Labute approximate surface area is 126 Å². The zero-order chi connectivity index (χ0) is 15.2. The number of benzene rings is 1. The molecule has 1 heterocycles. The average Bonchev–Trinajstić information content (AvgIpc) is 2.48. The normalized spacial score (nSPS) is 16.6. The second kappa shape index (κ2) is 7.46. The molecule has 1 aliphatic rings. The molecular weight excluding hydrogens is 267 g/mol. The minimum atomic E-state index is -0.320. The Bertz CT molecular complexity index is 490. The molecule has 21 heavy (non-hydrogen) atoms. The predicted octanol–water partition coefficient (Wildman–Crippen LogP) is 3.68. The first-order valence-corrected chi connectivity index (χ1v) is 7.54. The van der Waals surface area contributed by atoms with Gasteiger partial charge in [-0.3, -0.25) is 4.90 Å². The monoisotopic (exact) mass is 292 g/mol. The summed E-state index contributed by atoms with van der Waals surface area (Å²) in [4.78, 5) is 2.47. The summed E-state index contributed by atoms with van der Waals surface area (Å²) in [6.45, 7) is 7.51. The highest BCUT2D eigenvalue weighted by atomic mass is 19.1. The van der Waals surface area contributed by atoms with E-state index < -0.39 is 0 Å². The van der Waals surface area contributed by atoms with Gasteiger partial charge in [0.15, 0.2) is 11.6 Å². The van der Waals surface area contributed by atoms with E-state index in [1.165, 1.54) is 18.7 Å². The molecule has 0 spiro atoms. The Morgan fingerprint density at radius 1 is 1.38 bits per heavy atom. The van der Waals surface area contributed by atoms with Gasteiger partial charge in [0.2, 0.25) is 0 Å². The lowest BCUT2D eigenvalue weighted by Gasteiger charge is -2.32. The van der Waals surface area contributed by atoms with E-state index in [1.54, 1.807) is 12.1 Å². The Hall–Kier alpha value is -1.55.